The Labute approximate surface area is 106 Å². The van der Waals surface area contributed by atoms with E-state index in [2.05, 4.69) is 28.9 Å². The highest BCUT2D eigenvalue weighted by atomic mass is 16.5. The van der Waals surface area contributed by atoms with Crippen LogP contribution in [0.2, 0.25) is 0 Å². The van der Waals surface area contributed by atoms with Crippen molar-refractivity contribution in [3.05, 3.63) is 12.4 Å². The molecule has 2 N–H and O–H groups in total. The molecule has 0 bridgehead atoms. The predicted octanol–water partition coefficient (Wildman–Crippen LogP) is 2.05. The van der Waals surface area contributed by atoms with E-state index in [-0.39, 0.29) is 6.10 Å². The number of fused-ring (bicyclic) bond motifs is 1. The predicted molar refractivity (Wildman–Crippen MR) is 69.4 cm³/mol. The Kier molecular flexibility index (Phi) is 3.96. The number of nitrogen functional groups attached to an aromatic ring is 1. The van der Waals surface area contributed by atoms with Gasteiger partial charge in [-0.05, 0) is 12.8 Å². The van der Waals surface area contributed by atoms with Crippen LogP contribution in [-0.4, -0.2) is 25.7 Å². The maximum Gasteiger partial charge on any atom is 0.336 e. The third kappa shape index (κ3) is 2.69. The lowest BCUT2D eigenvalue weighted by atomic mass is 10.1. The minimum absolute atomic E-state index is 0.153. The molecule has 6 nitrogen and oxygen atoms in total. The van der Waals surface area contributed by atoms with Gasteiger partial charge in [-0.1, -0.05) is 26.7 Å². The molecule has 18 heavy (non-hydrogen) atoms. The Hall–Kier alpha value is -1.85. The Morgan fingerprint density at radius 1 is 1.33 bits per heavy atom. The van der Waals surface area contributed by atoms with Crippen molar-refractivity contribution in [1.29, 1.82) is 0 Å². The van der Waals surface area contributed by atoms with Crippen molar-refractivity contribution < 1.29 is 4.74 Å². The molecule has 0 aromatic carbocycles. The zero-order valence-corrected chi connectivity index (χ0v) is 10.8. The Balaban J connectivity index is 2.19. The monoisotopic (exact) mass is 249 g/mol. The molecule has 0 unspecified atom stereocenters. The summed E-state index contributed by atoms with van der Waals surface area (Å²) in [5.41, 5.74) is 6.37. The van der Waals surface area contributed by atoms with Crippen LogP contribution in [0.1, 0.15) is 39.5 Å². The zero-order chi connectivity index (χ0) is 13.0. The summed E-state index contributed by atoms with van der Waals surface area (Å²) < 4.78 is 7.39. The summed E-state index contributed by atoms with van der Waals surface area (Å²) in [6, 6.07) is 0.324. The van der Waals surface area contributed by atoms with Crippen LogP contribution in [0, 0.1) is 0 Å². The van der Waals surface area contributed by atoms with Gasteiger partial charge in [0.15, 0.2) is 11.5 Å². The molecule has 2 aromatic rings. The minimum atomic E-state index is 0.153. The summed E-state index contributed by atoms with van der Waals surface area (Å²) >= 11 is 0. The molecule has 0 radical (unpaired) electrons. The lowest BCUT2D eigenvalue weighted by Gasteiger charge is -2.16. The highest BCUT2D eigenvalue weighted by Crippen LogP contribution is 2.16. The van der Waals surface area contributed by atoms with Crippen molar-refractivity contribution in [3.8, 4) is 6.01 Å². The van der Waals surface area contributed by atoms with Crippen LogP contribution in [0.4, 0.5) is 5.82 Å². The maximum atomic E-state index is 5.81. The van der Waals surface area contributed by atoms with Gasteiger partial charge in [0.1, 0.15) is 6.10 Å². The number of aromatic nitrogens is 4. The van der Waals surface area contributed by atoms with Gasteiger partial charge < -0.3 is 10.5 Å². The van der Waals surface area contributed by atoms with Gasteiger partial charge >= 0.3 is 6.01 Å². The fourth-order valence-electron chi connectivity index (χ4n) is 1.93. The SMILES string of the molecule is CCCC(CCC)Oc1nc(N)c2nccn2n1. The summed E-state index contributed by atoms with van der Waals surface area (Å²) in [5, 5.41) is 4.24. The van der Waals surface area contributed by atoms with Gasteiger partial charge in [0.2, 0.25) is 0 Å². The van der Waals surface area contributed by atoms with Gasteiger partial charge in [-0.25, -0.2) is 9.50 Å². The first-order valence-electron chi connectivity index (χ1n) is 6.38. The highest BCUT2D eigenvalue weighted by molar-refractivity contribution is 5.58. The summed E-state index contributed by atoms with van der Waals surface area (Å²) in [6.45, 7) is 4.28. The third-order valence-corrected chi connectivity index (χ3v) is 2.75. The molecule has 0 fully saturated rings. The molecule has 0 saturated carbocycles. The van der Waals surface area contributed by atoms with Gasteiger partial charge in [-0.15, -0.1) is 5.10 Å². The van der Waals surface area contributed by atoms with E-state index < -0.39 is 0 Å². The largest absolute Gasteiger partial charge is 0.459 e. The van der Waals surface area contributed by atoms with Crippen molar-refractivity contribution in [2.45, 2.75) is 45.6 Å². The summed E-state index contributed by atoms with van der Waals surface area (Å²) in [4.78, 5) is 8.21. The average Bonchev–Trinajstić information content (AvgIpc) is 2.78. The van der Waals surface area contributed by atoms with E-state index in [1.165, 1.54) is 0 Å². The van der Waals surface area contributed by atoms with Crippen molar-refractivity contribution in [1.82, 2.24) is 19.6 Å². The molecule has 0 aliphatic carbocycles. The molecule has 2 heterocycles. The molecule has 98 valence electrons. The Morgan fingerprint density at radius 2 is 2.06 bits per heavy atom. The molecule has 2 aromatic heterocycles. The van der Waals surface area contributed by atoms with Crippen LogP contribution in [0.3, 0.4) is 0 Å². The van der Waals surface area contributed by atoms with E-state index in [4.69, 9.17) is 10.5 Å². The first-order chi connectivity index (χ1) is 8.74. The number of hydrogen-bond acceptors (Lipinski definition) is 5. The van der Waals surface area contributed by atoms with Crippen molar-refractivity contribution in [3.63, 3.8) is 0 Å². The number of rotatable bonds is 6. The Bertz CT molecular complexity index is 504. The fraction of sp³-hybridized carbons (Fsp3) is 0.583. The zero-order valence-electron chi connectivity index (χ0n) is 10.8. The van der Waals surface area contributed by atoms with E-state index >= 15 is 0 Å². The standard InChI is InChI=1S/C12H19N5O/c1-3-5-9(6-4-2)18-12-15-10(13)11-14-7-8-17(11)16-12/h7-9H,3-6H2,1-2H3,(H2,13,15,16). The quantitative estimate of drug-likeness (QED) is 0.847. The van der Waals surface area contributed by atoms with Gasteiger partial charge in [0, 0.05) is 12.4 Å². The van der Waals surface area contributed by atoms with Crippen LogP contribution in [0.5, 0.6) is 6.01 Å². The van der Waals surface area contributed by atoms with Crippen LogP contribution >= 0.6 is 0 Å². The number of nitrogens with two attached hydrogens (primary N) is 1. The summed E-state index contributed by atoms with van der Waals surface area (Å²) in [7, 11) is 0. The van der Waals surface area contributed by atoms with Gasteiger partial charge in [-0.3, -0.25) is 0 Å². The van der Waals surface area contributed by atoms with E-state index in [0.29, 0.717) is 17.5 Å². The topological polar surface area (TPSA) is 78.3 Å². The van der Waals surface area contributed by atoms with E-state index in [9.17, 15) is 0 Å². The van der Waals surface area contributed by atoms with E-state index in [1.54, 1.807) is 16.9 Å². The molecule has 0 atom stereocenters. The molecular weight excluding hydrogens is 230 g/mol. The van der Waals surface area contributed by atoms with E-state index in [0.717, 1.165) is 25.7 Å². The number of imidazole rings is 1. The first-order valence-corrected chi connectivity index (χ1v) is 6.38. The molecule has 0 aliphatic heterocycles. The van der Waals surface area contributed by atoms with Gasteiger partial charge in [0.05, 0.1) is 0 Å². The molecular formula is C12H19N5O. The molecule has 0 saturated heterocycles. The smallest absolute Gasteiger partial charge is 0.336 e. The molecule has 0 spiro atoms. The van der Waals surface area contributed by atoms with Crippen molar-refractivity contribution >= 4 is 11.5 Å². The second-order valence-corrected chi connectivity index (χ2v) is 4.29. The van der Waals surface area contributed by atoms with Crippen LogP contribution in [0.15, 0.2) is 12.4 Å². The molecule has 0 aliphatic rings. The van der Waals surface area contributed by atoms with E-state index in [1.807, 2.05) is 0 Å². The number of ether oxygens (including phenoxy) is 1. The lowest BCUT2D eigenvalue weighted by molar-refractivity contribution is 0.161. The number of hydrogen-bond donors (Lipinski definition) is 1. The van der Waals surface area contributed by atoms with Gasteiger partial charge in [0.25, 0.3) is 0 Å². The summed E-state index contributed by atoms with van der Waals surface area (Å²) in [5.74, 6) is 0.344. The normalized spacial score (nSPS) is 11.3. The van der Waals surface area contributed by atoms with Gasteiger partial charge in [-0.2, -0.15) is 4.98 Å². The van der Waals surface area contributed by atoms with Crippen molar-refractivity contribution in [2.24, 2.45) is 0 Å². The van der Waals surface area contributed by atoms with Crippen molar-refractivity contribution in [2.75, 3.05) is 5.73 Å². The maximum absolute atomic E-state index is 5.81. The number of anilines is 1. The third-order valence-electron chi connectivity index (χ3n) is 2.75. The first kappa shape index (κ1) is 12.6. The molecule has 6 heteroatoms. The lowest BCUT2D eigenvalue weighted by Crippen LogP contribution is -2.18. The molecule has 0 amide bonds. The molecule has 2 rings (SSSR count). The summed E-state index contributed by atoms with van der Waals surface area (Å²) in [6.07, 6.45) is 7.67. The van der Waals surface area contributed by atoms with Crippen LogP contribution < -0.4 is 10.5 Å². The second-order valence-electron chi connectivity index (χ2n) is 4.29. The highest BCUT2D eigenvalue weighted by Gasteiger charge is 2.13. The van der Waals surface area contributed by atoms with Crippen LogP contribution in [-0.2, 0) is 0 Å². The number of nitrogens with zero attached hydrogens (tertiary/aromatic N) is 4. The van der Waals surface area contributed by atoms with Crippen LogP contribution in [0.25, 0.3) is 5.65 Å². The Morgan fingerprint density at radius 3 is 2.72 bits per heavy atom. The second kappa shape index (κ2) is 5.66. The minimum Gasteiger partial charge on any atom is -0.459 e. The fourth-order valence-corrected chi connectivity index (χ4v) is 1.93. The average molecular weight is 249 g/mol.